The molecule has 3 N–H and O–H groups in total. The maximum atomic E-state index is 13.2. The normalized spacial score (nSPS) is 20.9. The Kier molecular flexibility index (Phi) is 6.88. The van der Waals surface area contributed by atoms with E-state index in [9.17, 15) is 24.6 Å². The van der Waals surface area contributed by atoms with Crippen LogP contribution in [-0.4, -0.2) is 64.4 Å². The number of nitrogens with zero attached hydrogens (tertiary/aromatic N) is 1. The first kappa shape index (κ1) is 23.8. The van der Waals surface area contributed by atoms with E-state index in [-0.39, 0.29) is 31.4 Å². The van der Waals surface area contributed by atoms with Crippen LogP contribution in [0.1, 0.15) is 43.7 Å². The first-order valence-electron chi connectivity index (χ1n) is 11.6. The molecule has 34 heavy (non-hydrogen) atoms. The Morgan fingerprint density at radius 1 is 1.09 bits per heavy atom. The molecular formula is C26H30N2O6. The number of hydrogen-bond donors (Lipinski definition) is 3. The molecule has 2 aromatic rings. The number of carboxylic acid groups (broad SMARTS) is 1. The Hall–Kier alpha value is -3.39. The summed E-state index contributed by atoms with van der Waals surface area (Å²) in [5, 5.41) is 22.0. The number of likely N-dealkylation sites (tertiary alicyclic amines) is 1. The van der Waals surface area contributed by atoms with Crippen LogP contribution in [0.5, 0.6) is 0 Å². The number of amides is 2. The highest BCUT2D eigenvalue weighted by molar-refractivity contribution is 5.90. The van der Waals surface area contributed by atoms with Crippen LogP contribution in [0.25, 0.3) is 11.1 Å². The van der Waals surface area contributed by atoms with E-state index in [0.29, 0.717) is 6.42 Å². The molecule has 1 fully saturated rings. The number of nitrogens with one attached hydrogen (secondary N) is 1. The minimum Gasteiger partial charge on any atom is -0.480 e. The van der Waals surface area contributed by atoms with Crippen LogP contribution in [0.15, 0.2) is 48.5 Å². The van der Waals surface area contributed by atoms with Crippen molar-refractivity contribution in [2.75, 3.05) is 13.2 Å². The number of alkyl carbamates (subject to hydrolysis) is 1. The second-order valence-electron chi connectivity index (χ2n) is 9.07. The zero-order valence-electron chi connectivity index (χ0n) is 19.3. The van der Waals surface area contributed by atoms with E-state index in [2.05, 4.69) is 17.4 Å². The molecule has 0 saturated carbocycles. The summed E-state index contributed by atoms with van der Waals surface area (Å²) in [4.78, 5) is 38.7. The average molecular weight is 467 g/mol. The number of aliphatic hydroxyl groups is 1. The third-order valence-electron chi connectivity index (χ3n) is 6.94. The van der Waals surface area contributed by atoms with Gasteiger partial charge in [0.05, 0.1) is 6.10 Å². The van der Waals surface area contributed by atoms with E-state index >= 15 is 0 Å². The zero-order chi connectivity index (χ0) is 24.4. The molecule has 8 heteroatoms. The number of benzene rings is 2. The molecule has 1 aliphatic heterocycles. The minimum absolute atomic E-state index is 0.0285. The van der Waals surface area contributed by atoms with Crippen molar-refractivity contribution in [3.05, 3.63) is 59.7 Å². The second-order valence-corrected chi connectivity index (χ2v) is 9.07. The molecule has 1 heterocycles. The molecule has 4 atom stereocenters. The number of fused-ring (bicyclic) bond motifs is 3. The summed E-state index contributed by atoms with van der Waals surface area (Å²) in [5.74, 6) is -2.05. The van der Waals surface area contributed by atoms with Crippen molar-refractivity contribution < 1.29 is 29.3 Å². The summed E-state index contributed by atoms with van der Waals surface area (Å²) in [5.41, 5.74) is 4.40. The lowest BCUT2D eigenvalue weighted by Crippen LogP contribution is -2.54. The third-order valence-corrected chi connectivity index (χ3v) is 6.94. The lowest BCUT2D eigenvalue weighted by Gasteiger charge is -2.30. The SMILES string of the molecule is CC[C@H](C)[C@H](NC(=O)OCC1c2ccccc2-c2ccccc21)C(=O)N1C[C@H](O)C[C@@H]1C(=O)O. The maximum absolute atomic E-state index is 13.2. The quantitative estimate of drug-likeness (QED) is 0.578. The minimum atomic E-state index is -1.17. The number of carboxylic acids is 1. The fourth-order valence-corrected chi connectivity index (χ4v) is 4.92. The van der Waals surface area contributed by atoms with Crippen LogP contribution in [0.2, 0.25) is 0 Å². The predicted molar refractivity (Wildman–Crippen MR) is 125 cm³/mol. The molecule has 0 radical (unpaired) electrons. The van der Waals surface area contributed by atoms with Gasteiger partial charge in [-0.2, -0.15) is 0 Å². The number of aliphatic carboxylic acids is 1. The number of hydrogen-bond acceptors (Lipinski definition) is 5. The topological polar surface area (TPSA) is 116 Å². The lowest BCUT2D eigenvalue weighted by molar-refractivity contribution is -0.149. The van der Waals surface area contributed by atoms with Crippen molar-refractivity contribution in [1.82, 2.24) is 10.2 Å². The van der Waals surface area contributed by atoms with E-state index in [1.165, 1.54) is 0 Å². The van der Waals surface area contributed by atoms with Crippen molar-refractivity contribution in [3.8, 4) is 11.1 Å². The molecule has 180 valence electrons. The second kappa shape index (κ2) is 9.85. The Balaban J connectivity index is 1.46. The average Bonchev–Trinajstić information content (AvgIpc) is 3.38. The van der Waals surface area contributed by atoms with Gasteiger partial charge in [0.25, 0.3) is 0 Å². The number of ether oxygens (including phenoxy) is 1. The van der Waals surface area contributed by atoms with Gasteiger partial charge in [-0.25, -0.2) is 9.59 Å². The van der Waals surface area contributed by atoms with Crippen molar-refractivity contribution in [2.24, 2.45) is 5.92 Å². The number of carbonyl (C=O) groups is 3. The summed E-state index contributed by atoms with van der Waals surface area (Å²) >= 11 is 0. The monoisotopic (exact) mass is 466 g/mol. The molecule has 2 amide bonds. The van der Waals surface area contributed by atoms with Gasteiger partial charge in [0.1, 0.15) is 18.7 Å². The summed E-state index contributed by atoms with van der Waals surface area (Å²) in [7, 11) is 0. The molecule has 1 aliphatic carbocycles. The molecule has 0 aromatic heterocycles. The predicted octanol–water partition coefficient (Wildman–Crippen LogP) is 2.99. The zero-order valence-corrected chi connectivity index (χ0v) is 19.3. The molecule has 0 bridgehead atoms. The van der Waals surface area contributed by atoms with Crippen molar-refractivity contribution >= 4 is 18.0 Å². The molecule has 2 aromatic carbocycles. The smallest absolute Gasteiger partial charge is 0.407 e. The van der Waals surface area contributed by atoms with Gasteiger partial charge < -0.3 is 25.2 Å². The van der Waals surface area contributed by atoms with Gasteiger partial charge in [-0.1, -0.05) is 68.8 Å². The summed E-state index contributed by atoms with van der Waals surface area (Å²) in [6, 6.07) is 14.0. The van der Waals surface area contributed by atoms with Gasteiger partial charge in [0.15, 0.2) is 0 Å². The highest BCUT2D eigenvalue weighted by Gasteiger charge is 2.42. The molecule has 0 spiro atoms. The van der Waals surface area contributed by atoms with Crippen molar-refractivity contribution in [2.45, 2.75) is 50.8 Å². The maximum Gasteiger partial charge on any atom is 0.407 e. The fourth-order valence-electron chi connectivity index (χ4n) is 4.92. The number of β-amino-alcohol motifs (C(OH)–C–C–N with tert-alkyl or cyclic N) is 1. The van der Waals surface area contributed by atoms with Crippen LogP contribution in [0.3, 0.4) is 0 Å². The van der Waals surface area contributed by atoms with Gasteiger partial charge in [-0.05, 0) is 28.2 Å². The van der Waals surface area contributed by atoms with Crippen LogP contribution in [-0.2, 0) is 14.3 Å². The van der Waals surface area contributed by atoms with Crippen molar-refractivity contribution in [3.63, 3.8) is 0 Å². The van der Waals surface area contributed by atoms with Crippen LogP contribution in [0, 0.1) is 5.92 Å². The molecule has 2 aliphatic rings. The number of carbonyl (C=O) groups excluding carboxylic acids is 2. The Bertz CT molecular complexity index is 1040. The highest BCUT2D eigenvalue weighted by Crippen LogP contribution is 2.44. The Morgan fingerprint density at radius 3 is 2.24 bits per heavy atom. The molecule has 8 nitrogen and oxygen atoms in total. The van der Waals surface area contributed by atoms with E-state index in [1.807, 2.05) is 50.2 Å². The molecule has 1 saturated heterocycles. The van der Waals surface area contributed by atoms with Crippen LogP contribution < -0.4 is 5.32 Å². The van der Waals surface area contributed by atoms with E-state index in [4.69, 9.17) is 4.74 Å². The van der Waals surface area contributed by atoms with E-state index in [1.54, 1.807) is 0 Å². The van der Waals surface area contributed by atoms with Gasteiger partial charge >= 0.3 is 12.1 Å². The van der Waals surface area contributed by atoms with Crippen LogP contribution >= 0.6 is 0 Å². The van der Waals surface area contributed by atoms with Gasteiger partial charge in [-0.3, -0.25) is 4.79 Å². The summed E-state index contributed by atoms with van der Waals surface area (Å²) in [6.07, 6.45) is -1.07. The number of aliphatic hydroxyl groups excluding tert-OH is 1. The standard InChI is InChI=1S/C26H30N2O6/c1-3-15(2)23(24(30)28-13-16(29)12-22(28)25(31)32)27-26(33)34-14-21-19-10-6-4-8-17(19)18-9-5-7-11-20(18)21/h4-11,15-16,21-23,29H,3,12-14H2,1-2H3,(H,27,33)(H,31,32)/t15-,16+,22+,23-/m0/s1. The Morgan fingerprint density at radius 2 is 1.68 bits per heavy atom. The van der Waals surface area contributed by atoms with Gasteiger partial charge in [0.2, 0.25) is 5.91 Å². The molecular weight excluding hydrogens is 436 g/mol. The molecule has 0 unspecified atom stereocenters. The summed E-state index contributed by atoms with van der Waals surface area (Å²) < 4.78 is 5.59. The summed E-state index contributed by atoms with van der Waals surface area (Å²) in [6.45, 7) is 3.74. The van der Waals surface area contributed by atoms with Crippen molar-refractivity contribution in [1.29, 1.82) is 0 Å². The molecule has 4 rings (SSSR count). The highest BCUT2D eigenvalue weighted by atomic mass is 16.5. The largest absolute Gasteiger partial charge is 0.480 e. The van der Waals surface area contributed by atoms with Gasteiger partial charge in [0, 0.05) is 18.9 Å². The Labute approximate surface area is 198 Å². The van der Waals surface area contributed by atoms with E-state index < -0.39 is 36.2 Å². The third kappa shape index (κ3) is 4.50. The number of rotatable bonds is 7. The van der Waals surface area contributed by atoms with Gasteiger partial charge in [-0.15, -0.1) is 0 Å². The van der Waals surface area contributed by atoms with Crippen LogP contribution in [0.4, 0.5) is 4.79 Å². The first-order valence-corrected chi connectivity index (χ1v) is 11.6. The van der Waals surface area contributed by atoms with E-state index in [0.717, 1.165) is 27.2 Å². The fraction of sp³-hybridized carbons (Fsp3) is 0.423. The lowest BCUT2D eigenvalue weighted by atomic mass is 9.97. The first-order chi connectivity index (χ1) is 16.3.